The van der Waals surface area contributed by atoms with E-state index in [1.165, 1.54) is 25.9 Å². The number of hydrogen-bond donors (Lipinski definition) is 1. The molecule has 4 heteroatoms. The SMILES string of the molecule is Cc1cc(CNCC2CCN(C)CC2)on1. The Kier molecular flexibility index (Phi) is 3.96. The molecule has 0 radical (unpaired) electrons. The van der Waals surface area contributed by atoms with Gasteiger partial charge in [0.25, 0.3) is 0 Å². The number of aryl methyl sites for hydroxylation is 1. The van der Waals surface area contributed by atoms with E-state index in [1.807, 2.05) is 13.0 Å². The second kappa shape index (κ2) is 5.46. The Balaban J connectivity index is 1.64. The van der Waals surface area contributed by atoms with Crippen LogP contribution in [0.25, 0.3) is 0 Å². The van der Waals surface area contributed by atoms with E-state index in [4.69, 9.17) is 4.52 Å². The Hall–Kier alpha value is -0.870. The van der Waals surface area contributed by atoms with Gasteiger partial charge in [0.2, 0.25) is 0 Å². The first-order valence-corrected chi connectivity index (χ1v) is 6.05. The fourth-order valence-corrected chi connectivity index (χ4v) is 2.17. The number of nitrogens with one attached hydrogen (secondary N) is 1. The number of likely N-dealkylation sites (tertiary alicyclic amines) is 1. The maximum absolute atomic E-state index is 5.15. The van der Waals surface area contributed by atoms with Crippen LogP contribution in [0.15, 0.2) is 10.6 Å². The van der Waals surface area contributed by atoms with Crippen LogP contribution in [0.5, 0.6) is 0 Å². The van der Waals surface area contributed by atoms with Crippen molar-refractivity contribution in [2.45, 2.75) is 26.3 Å². The quantitative estimate of drug-likeness (QED) is 0.838. The molecule has 1 aromatic rings. The number of rotatable bonds is 4. The van der Waals surface area contributed by atoms with Crippen molar-refractivity contribution < 1.29 is 4.52 Å². The van der Waals surface area contributed by atoms with Crippen LogP contribution < -0.4 is 5.32 Å². The minimum absolute atomic E-state index is 0.799. The molecule has 2 heterocycles. The van der Waals surface area contributed by atoms with Crippen molar-refractivity contribution in [2.75, 3.05) is 26.7 Å². The Bertz CT molecular complexity index is 316. The minimum Gasteiger partial charge on any atom is -0.360 e. The van der Waals surface area contributed by atoms with Crippen molar-refractivity contribution >= 4 is 0 Å². The molecular formula is C12H21N3O. The predicted molar refractivity (Wildman–Crippen MR) is 63.2 cm³/mol. The Labute approximate surface area is 97.0 Å². The van der Waals surface area contributed by atoms with E-state index in [2.05, 4.69) is 22.4 Å². The molecule has 1 saturated heterocycles. The third kappa shape index (κ3) is 3.32. The summed E-state index contributed by atoms with van der Waals surface area (Å²) in [7, 11) is 2.20. The van der Waals surface area contributed by atoms with E-state index in [1.54, 1.807) is 0 Å². The lowest BCUT2D eigenvalue weighted by Crippen LogP contribution is -2.34. The molecule has 16 heavy (non-hydrogen) atoms. The molecule has 0 saturated carbocycles. The van der Waals surface area contributed by atoms with Gasteiger partial charge in [-0.25, -0.2) is 0 Å². The summed E-state index contributed by atoms with van der Waals surface area (Å²) < 4.78 is 5.15. The maximum Gasteiger partial charge on any atom is 0.150 e. The molecule has 1 N–H and O–H groups in total. The molecule has 0 aromatic carbocycles. The maximum atomic E-state index is 5.15. The molecule has 1 aliphatic heterocycles. The van der Waals surface area contributed by atoms with E-state index < -0.39 is 0 Å². The van der Waals surface area contributed by atoms with Crippen molar-refractivity contribution in [3.05, 3.63) is 17.5 Å². The summed E-state index contributed by atoms with van der Waals surface area (Å²) in [6, 6.07) is 1.99. The van der Waals surface area contributed by atoms with Gasteiger partial charge in [-0.1, -0.05) is 5.16 Å². The van der Waals surface area contributed by atoms with Crippen molar-refractivity contribution in [2.24, 2.45) is 5.92 Å². The van der Waals surface area contributed by atoms with Crippen LogP contribution in [0.3, 0.4) is 0 Å². The zero-order valence-corrected chi connectivity index (χ0v) is 10.2. The van der Waals surface area contributed by atoms with E-state index in [-0.39, 0.29) is 0 Å². The third-order valence-electron chi connectivity index (χ3n) is 3.25. The van der Waals surface area contributed by atoms with Crippen LogP contribution in [0.4, 0.5) is 0 Å². The first-order valence-electron chi connectivity index (χ1n) is 6.05. The standard InChI is InChI=1S/C12H21N3O/c1-10-7-12(16-14-10)9-13-8-11-3-5-15(2)6-4-11/h7,11,13H,3-6,8-9H2,1-2H3. The summed E-state index contributed by atoms with van der Waals surface area (Å²) in [5.74, 6) is 1.76. The highest BCUT2D eigenvalue weighted by molar-refractivity contribution is 5.02. The summed E-state index contributed by atoms with van der Waals surface area (Å²) >= 11 is 0. The van der Waals surface area contributed by atoms with Gasteiger partial charge < -0.3 is 14.7 Å². The fraction of sp³-hybridized carbons (Fsp3) is 0.750. The normalized spacial score (nSPS) is 19.1. The molecule has 4 nitrogen and oxygen atoms in total. The second-order valence-electron chi connectivity index (χ2n) is 4.81. The molecule has 1 aromatic heterocycles. The van der Waals surface area contributed by atoms with E-state index in [9.17, 15) is 0 Å². The number of piperidine rings is 1. The van der Waals surface area contributed by atoms with Crippen LogP contribution >= 0.6 is 0 Å². The van der Waals surface area contributed by atoms with Gasteiger partial charge >= 0.3 is 0 Å². The Morgan fingerprint density at radius 3 is 2.88 bits per heavy atom. The predicted octanol–water partition coefficient (Wildman–Crippen LogP) is 1.41. The highest BCUT2D eigenvalue weighted by Crippen LogP contribution is 2.14. The Morgan fingerprint density at radius 1 is 1.50 bits per heavy atom. The first kappa shape index (κ1) is 11.6. The molecule has 0 aliphatic carbocycles. The zero-order valence-electron chi connectivity index (χ0n) is 10.2. The minimum atomic E-state index is 0.799. The van der Waals surface area contributed by atoms with Crippen molar-refractivity contribution in [3.63, 3.8) is 0 Å². The molecule has 1 fully saturated rings. The molecule has 0 amide bonds. The van der Waals surface area contributed by atoms with Crippen LogP contribution in [-0.2, 0) is 6.54 Å². The van der Waals surface area contributed by atoms with Gasteiger partial charge in [-0.3, -0.25) is 0 Å². The van der Waals surface area contributed by atoms with E-state index in [0.29, 0.717) is 0 Å². The van der Waals surface area contributed by atoms with Crippen molar-refractivity contribution in [3.8, 4) is 0 Å². The zero-order chi connectivity index (χ0) is 11.4. The fourth-order valence-electron chi connectivity index (χ4n) is 2.17. The van der Waals surface area contributed by atoms with Gasteiger partial charge in [-0.2, -0.15) is 0 Å². The largest absolute Gasteiger partial charge is 0.360 e. The summed E-state index contributed by atoms with van der Waals surface area (Å²) in [5.41, 5.74) is 0.955. The van der Waals surface area contributed by atoms with Crippen LogP contribution in [-0.4, -0.2) is 36.7 Å². The highest BCUT2D eigenvalue weighted by Gasteiger charge is 2.16. The van der Waals surface area contributed by atoms with Crippen LogP contribution in [0, 0.1) is 12.8 Å². The third-order valence-corrected chi connectivity index (χ3v) is 3.25. The average Bonchev–Trinajstić information content (AvgIpc) is 2.67. The molecule has 0 spiro atoms. The number of nitrogens with zero attached hydrogens (tertiary/aromatic N) is 2. The van der Waals surface area contributed by atoms with Crippen LogP contribution in [0.2, 0.25) is 0 Å². The molecule has 2 rings (SSSR count). The van der Waals surface area contributed by atoms with Gasteiger partial charge in [0.1, 0.15) is 0 Å². The lowest BCUT2D eigenvalue weighted by molar-refractivity contribution is 0.214. The second-order valence-corrected chi connectivity index (χ2v) is 4.81. The lowest BCUT2D eigenvalue weighted by atomic mass is 9.97. The van der Waals surface area contributed by atoms with Crippen LogP contribution in [0.1, 0.15) is 24.3 Å². The summed E-state index contributed by atoms with van der Waals surface area (Å²) in [5, 5.41) is 7.32. The van der Waals surface area contributed by atoms with Gasteiger partial charge in [0.05, 0.1) is 12.2 Å². The summed E-state index contributed by atoms with van der Waals surface area (Å²) in [4.78, 5) is 2.40. The first-order chi connectivity index (χ1) is 7.74. The van der Waals surface area contributed by atoms with Gasteiger partial charge in [-0.05, 0) is 52.4 Å². The smallest absolute Gasteiger partial charge is 0.150 e. The molecule has 0 unspecified atom stereocenters. The van der Waals surface area contributed by atoms with Gasteiger partial charge in [-0.15, -0.1) is 0 Å². The Morgan fingerprint density at radius 2 is 2.25 bits per heavy atom. The van der Waals surface area contributed by atoms with Crippen molar-refractivity contribution in [1.29, 1.82) is 0 Å². The molecule has 90 valence electrons. The van der Waals surface area contributed by atoms with Gasteiger partial charge in [0, 0.05) is 6.07 Å². The highest BCUT2D eigenvalue weighted by atomic mass is 16.5. The molecule has 1 aliphatic rings. The molecular weight excluding hydrogens is 202 g/mol. The summed E-state index contributed by atoms with van der Waals surface area (Å²) in [6.07, 6.45) is 2.61. The van der Waals surface area contributed by atoms with Crippen molar-refractivity contribution in [1.82, 2.24) is 15.4 Å². The topological polar surface area (TPSA) is 41.3 Å². The summed E-state index contributed by atoms with van der Waals surface area (Å²) in [6.45, 7) is 6.30. The van der Waals surface area contributed by atoms with E-state index in [0.717, 1.165) is 30.5 Å². The average molecular weight is 223 g/mol. The molecule has 0 bridgehead atoms. The number of hydrogen-bond acceptors (Lipinski definition) is 4. The lowest BCUT2D eigenvalue weighted by Gasteiger charge is -2.28. The number of aromatic nitrogens is 1. The van der Waals surface area contributed by atoms with Gasteiger partial charge in [0.15, 0.2) is 5.76 Å². The monoisotopic (exact) mass is 223 g/mol. The molecule has 0 atom stereocenters. The van der Waals surface area contributed by atoms with E-state index >= 15 is 0 Å².